The molecule has 4 rings (SSSR count). The molecule has 0 aliphatic carbocycles. The van der Waals surface area contributed by atoms with Gasteiger partial charge in [0.25, 0.3) is 11.8 Å². The Kier molecular flexibility index (Phi) is 5.53. The van der Waals surface area contributed by atoms with E-state index in [4.69, 9.17) is 0 Å². The van der Waals surface area contributed by atoms with Crippen molar-refractivity contribution < 1.29 is 14.4 Å². The van der Waals surface area contributed by atoms with E-state index in [0.29, 0.717) is 5.69 Å². The van der Waals surface area contributed by atoms with Crippen LogP contribution in [0.5, 0.6) is 0 Å². The van der Waals surface area contributed by atoms with E-state index in [1.165, 1.54) is 0 Å². The van der Waals surface area contributed by atoms with Crippen LogP contribution in [0.1, 0.15) is 22.5 Å². The summed E-state index contributed by atoms with van der Waals surface area (Å²) in [6, 6.07) is 16.2. The van der Waals surface area contributed by atoms with Gasteiger partial charge >= 0.3 is 6.03 Å². The van der Waals surface area contributed by atoms with Gasteiger partial charge in [-0.1, -0.05) is 23.8 Å². The number of anilines is 1. The van der Waals surface area contributed by atoms with Crippen LogP contribution in [-0.2, 0) is 9.59 Å². The first-order valence-electron chi connectivity index (χ1n) is 9.69. The Morgan fingerprint density at radius 1 is 0.903 bits per heavy atom. The highest BCUT2D eigenvalue weighted by molar-refractivity contribution is 14.1. The van der Waals surface area contributed by atoms with E-state index in [2.05, 4.69) is 38.5 Å². The summed E-state index contributed by atoms with van der Waals surface area (Å²) in [5.74, 6) is -1.34. The molecule has 7 heteroatoms. The maximum Gasteiger partial charge on any atom is 0.335 e. The van der Waals surface area contributed by atoms with Gasteiger partial charge in [0, 0.05) is 20.6 Å². The molecule has 156 valence electrons. The fourth-order valence-electron chi connectivity index (χ4n) is 3.69. The molecule has 1 saturated heterocycles. The van der Waals surface area contributed by atoms with Crippen LogP contribution in [0.15, 0.2) is 60.2 Å². The Labute approximate surface area is 193 Å². The molecule has 1 aliphatic rings. The van der Waals surface area contributed by atoms with Gasteiger partial charge in [-0.05, 0) is 91.4 Å². The highest BCUT2D eigenvalue weighted by Crippen LogP contribution is 2.26. The molecule has 0 radical (unpaired) electrons. The molecule has 31 heavy (non-hydrogen) atoms. The molecule has 4 amide bonds. The van der Waals surface area contributed by atoms with Crippen LogP contribution in [0.25, 0.3) is 11.8 Å². The highest BCUT2D eigenvalue weighted by atomic mass is 127. The monoisotopic (exact) mass is 525 g/mol. The van der Waals surface area contributed by atoms with E-state index >= 15 is 0 Å². The van der Waals surface area contributed by atoms with Crippen LogP contribution in [0.3, 0.4) is 0 Å². The largest absolute Gasteiger partial charge is 0.335 e. The van der Waals surface area contributed by atoms with Gasteiger partial charge < -0.3 is 4.57 Å². The lowest BCUT2D eigenvalue weighted by atomic mass is 10.1. The van der Waals surface area contributed by atoms with Crippen molar-refractivity contribution in [2.75, 3.05) is 4.90 Å². The lowest BCUT2D eigenvalue weighted by Gasteiger charge is -2.26. The smallest absolute Gasteiger partial charge is 0.318 e. The van der Waals surface area contributed by atoms with E-state index < -0.39 is 17.8 Å². The predicted molar refractivity (Wildman–Crippen MR) is 128 cm³/mol. The summed E-state index contributed by atoms with van der Waals surface area (Å²) >= 11 is 2.26. The number of benzene rings is 2. The molecule has 1 fully saturated rings. The molecule has 0 unspecified atom stereocenters. The molecule has 3 aromatic rings. The second-order valence-corrected chi connectivity index (χ2v) is 8.68. The summed E-state index contributed by atoms with van der Waals surface area (Å²) in [5.41, 5.74) is 4.95. The van der Waals surface area contributed by atoms with Gasteiger partial charge in [-0.15, -0.1) is 0 Å². The van der Waals surface area contributed by atoms with Crippen molar-refractivity contribution in [3.63, 3.8) is 0 Å². The number of hydrogen-bond acceptors (Lipinski definition) is 3. The Hall–Kier alpha value is -3.20. The number of nitrogens with one attached hydrogen (secondary N) is 1. The molecule has 0 spiro atoms. The topological polar surface area (TPSA) is 71.4 Å². The van der Waals surface area contributed by atoms with Gasteiger partial charge in [0.15, 0.2) is 0 Å². The number of aryl methyl sites for hydroxylation is 2. The Morgan fingerprint density at radius 2 is 1.61 bits per heavy atom. The maximum atomic E-state index is 13.1. The molecule has 0 atom stereocenters. The molecule has 1 aromatic heterocycles. The maximum absolute atomic E-state index is 13.1. The van der Waals surface area contributed by atoms with Crippen molar-refractivity contribution in [3.8, 4) is 5.69 Å². The van der Waals surface area contributed by atoms with Crippen molar-refractivity contribution in [2.45, 2.75) is 20.8 Å². The summed E-state index contributed by atoms with van der Waals surface area (Å²) in [4.78, 5) is 39.0. The summed E-state index contributed by atoms with van der Waals surface area (Å²) < 4.78 is 3.18. The lowest BCUT2D eigenvalue weighted by Crippen LogP contribution is -2.54. The molecule has 0 bridgehead atoms. The third-order valence-electron chi connectivity index (χ3n) is 5.23. The van der Waals surface area contributed by atoms with Gasteiger partial charge in [-0.25, -0.2) is 9.69 Å². The van der Waals surface area contributed by atoms with E-state index in [-0.39, 0.29) is 5.57 Å². The summed E-state index contributed by atoms with van der Waals surface area (Å²) in [5, 5.41) is 2.27. The van der Waals surface area contributed by atoms with E-state index in [1.54, 1.807) is 18.2 Å². The van der Waals surface area contributed by atoms with E-state index in [0.717, 1.165) is 36.7 Å². The summed E-state index contributed by atoms with van der Waals surface area (Å²) in [6.07, 6.45) is 1.55. The lowest BCUT2D eigenvalue weighted by molar-refractivity contribution is -0.122. The standard InChI is InChI=1S/C24H20IN3O3/c1-14-7-9-19(10-8-14)28-23(30)21(22(29)26-24(28)31)12-17-11-15(2)27(16(17)3)20-6-4-5-18(25)13-20/h4-13H,1-3H3,(H,26,29,31)/b21-12+. The number of urea groups is 1. The minimum Gasteiger partial charge on any atom is -0.318 e. The SMILES string of the molecule is Cc1ccc(N2C(=O)NC(=O)/C(=C\c3cc(C)n(-c4cccc(I)c4)c3C)C2=O)cc1. The number of aromatic nitrogens is 1. The second-order valence-electron chi connectivity index (χ2n) is 7.44. The Balaban J connectivity index is 1.76. The van der Waals surface area contributed by atoms with Gasteiger partial charge in [-0.3, -0.25) is 14.9 Å². The number of imide groups is 2. The number of rotatable bonds is 3. The van der Waals surface area contributed by atoms with Crippen LogP contribution >= 0.6 is 22.6 Å². The average Bonchev–Trinajstić information content (AvgIpc) is 2.99. The normalized spacial score (nSPS) is 15.5. The van der Waals surface area contributed by atoms with Crippen LogP contribution < -0.4 is 10.2 Å². The van der Waals surface area contributed by atoms with E-state index in [9.17, 15) is 14.4 Å². The van der Waals surface area contributed by atoms with Gasteiger partial charge in [0.2, 0.25) is 0 Å². The zero-order valence-electron chi connectivity index (χ0n) is 17.3. The van der Waals surface area contributed by atoms with Crippen LogP contribution in [0, 0.1) is 24.3 Å². The molecule has 2 heterocycles. The molecule has 2 aromatic carbocycles. The first kappa shape index (κ1) is 21.0. The van der Waals surface area contributed by atoms with Crippen LogP contribution in [-0.4, -0.2) is 22.4 Å². The third kappa shape index (κ3) is 3.93. The highest BCUT2D eigenvalue weighted by Gasteiger charge is 2.37. The number of halogens is 1. The minimum absolute atomic E-state index is 0.0805. The van der Waals surface area contributed by atoms with E-state index in [1.807, 2.05) is 57.2 Å². The zero-order valence-corrected chi connectivity index (χ0v) is 19.4. The van der Waals surface area contributed by atoms with Crippen molar-refractivity contribution in [1.29, 1.82) is 0 Å². The van der Waals surface area contributed by atoms with Gasteiger partial charge in [0.1, 0.15) is 5.57 Å². The molecule has 1 aliphatic heterocycles. The molecule has 1 N–H and O–H groups in total. The first-order chi connectivity index (χ1) is 14.8. The number of carbonyl (C=O) groups excluding carboxylic acids is 3. The zero-order chi connectivity index (χ0) is 22.3. The average molecular weight is 525 g/mol. The predicted octanol–water partition coefficient (Wildman–Crippen LogP) is 4.67. The number of hydrogen-bond donors (Lipinski definition) is 1. The Bertz CT molecular complexity index is 1260. The first-order valence-corrected chi connectivity index (χ1v) is 10.8. The molecule has 6 nitrogen and oxygen atoms in total. The minimum atomic E-state index is -0.750. The second kappa shape index (κ2) is 8.14. The van der Waals surface area contributed by atoms with Crippen molar-refractivity contribution in [1.82, 2.24) is 9.88 Å². The third-order valence-corrected chi connectivity index (χ3v) is 5.90. The van der Waals surface area contributed by atoms with Crippen molar-refractivity contribution >= 4 is 52.2 Å². The van der Waals surface area contributed by atoms with Crippen molar-refractivity contribution in [2.24, 2.45) is 0 Å². The van der Waals surface area contributed by atoms with Gasteiger partial charge in [-0.2, -0.15) is 0 Å². The molecule has 0 saturated carbocycles. The molecular formula is C24H20IN3O3. The summed E-state index contributed by atoms with van der Waals surface area (Å²) in [6.45, 7) is 5.83. The number of amides is 4. The number of nitrogens with zero attached hydrogens (tertiary/aromatic N) is 2. The van der Waals surface area contributed by atoms with Crippen molar-refractivity contribution in [3.05, 3.63) is 86.3 Å². The van der Waals surface area contributed by atoms with Gasteiger partial charge in [0.05, 0.1) is 5.69 Å². The Morgan fingerprint density at radius 3 is 2.29 bits per heavy atom. The quantitative estimate of drug-likeness (QED) is 0.307. The van der Waals surface area contributed by atoms with Crippen LogP contribution in [0.4, 0.5) is 10.5 Å². The number of barbiturate groups is 1. The number of carbonyl (C=O) groups is 3. The molecular weight excluding hydrogens is 505 g/mol. The summed E-state index contributed by atoms with van der Waals surface area (Å²) in [7, 11) is 0. The van der Waals surface area contributed by atoms with Crippen LogP contribution in [0.2, 0.25) is 0 Å². The fourth-order valence-corrected chi connectivity index (χ4v) is 4.21. The fraction of sp³-hybridized carbons (Fsp3) is 0.125.